The molecule has 0 aliphatic heterocycles. The Morgan fingerprint density at radius 3 is 2.68 bits per heavy atom. The number of fused-ring (bicyclic) bond motifs is 2. The van der Waals surface area contributed by atoms with Crippen molar-refractivity contribution in [3.05, 3.63) is 71.0 Å². The summed E-state index contributed by atoms with van der Waals surface area (Å²) in [6, 6.07) is 14.0. The number of carbonyl (C=O) groups is 1. The Morgan fingerprint density at radius 2 is 1.89 bits per heavy atom. The maximum Gasteiger partial charge on any atom is 0.275 e. The molecule has 5 aromatic rings. The number of nitrogens with one attached hydrogen (secondary N) is 1. The Bertz CT molecular complexity index is 1330. The first-order valence-electron chi connectivity index (χ1n) is 8.79. The number of hydrogen-bond acceptors (Lipinski definition) is 5. The number of benzene rings is 2. The van der Waals surface area contributed by atoms with Crippen molar-refractivity contribution in [1.29, 1.82) is 0 Å². The lowest BCUT2D eigenvalue weighted by atomic mass is 10.2. The molecule has 0 fully saturated rings. The van der Waals surface area contributed by atoms with Crippen LogP contribution in [0.1, 0.15) is 21.7 Å². The van der Waals surface area contributed by atoms with Crippen molar-refractivity contribution >= 4 is 49.4 Å². The third kappa shape index (κ3) is 2.98. The van der Waals surface area contributed by atoms with E-state index in [4.69, 9.17) is 4.98 Å². The highest BCUT2D eigenvalue weighted by Gasteiger charge is 2.13. The van der Waals surface area contributed by atoms with Crippen LogP contribution < -0.4 is 5.32 Å². The van der Waals surface area contributed by atoms with Gasteiger partial charge in [0.1, 0.15) is 10.7 Å². The number of hydrogen-bond donors (Lipinski definition) is 1. The minimum atomic E-state index is -0.210. The standard InChI is InChI=1S/C21H16N4OS2/c1-12-3-8-16-18(9-12)28-20(23-16)14-4-6-15(7-5-14)22-19(26)17-10-25-13(2)11-27-21(25)24-17/h3-11H,1-2H3,(H,22,26). The summed E-state index contributed by atoms with van der Waals surface area (Å²) < 4.78 is 3.11. The topological polar surface area (TPSA) is 59.3 Å². The second kappa shape index (κ2) is 6.54. The molecule has 1 amide bonds. The first-order valence-corrected chi connectivity index (χ1v) is 10.5. The highest BCUT2D eigenvalue weighted by Crippen LogP contribution is 2.31. The van der Waals surface area contributed by atoms with Gasteiger partial charge in [-0.05, 0) is 55.8 Å². The van der Waals surface area contributed by atoms with Gasteiger partial charge in [0.15, 0.2) is 4.96 Å². The molecular formula is C21H16N4OS2. The van der Waals surface area contributed by atoms with Gasteiger partial charge in [0.25, 0.3) is 5.91 Å². The molecule has 0 atom stereocenters. The maximum absolute atomic E-state index is 12.5. The van der Waals surface area contributed by atoms with Crippen molar-refractivity contribution < 1.29 is 4.79 Å². The Labute approximate surface area is 169 Å². The summed E-state index contributed by atoms with van der Waals surface area (Å²) in [5.41, 5.74) is 5.50. The van der Waals surface area contributed by atoms with Crippen LogP contribution in [-0.2, 0) is 0 Å². The molecule has 0 radical (unpaired) electrons. The van der Waals surface area contributed by atoms with E-state index >= 15 is 0 Å². The van der Waals surface area contributed by atoms with Crippen molar-refractivity contribution in [2.75, 3.05) is 5.32 Å². The fourth-order valence-electron chi connectivity index (χ4n) is 3.05. The Hall–Kier alpha value is -3.03. The molecule has 138 valence electrons. The van der Waals surface area contributed by atoms with E-state index < -0.39 is 0 Å². The molecule has 0 aliphatic rings. The van der Waals surface area contributed by atoms with Crippen LogP contribution in [0.3, 0.4) is 0 Å². The molecule has 0 aliphatic carbocycles. The van der Waals surface area contributed by atoms with Gasteiger partial charge in [0.05, 0.1) is 10.2 Å². The predicted molar refractivity (Wildman–Crippen MR) is 116 cm³/mol. The zero-order chi connectivity index (χ0) is 19.3. The largest absolute Gasteiger partial charge is 0.321 e. The number of rotatable bonds is 3. The summed E-state index contributed by atoms with van der Waals surface area (Å²) in [5, 5.41) is 5.91. The van der Waals surface area contributed by atoms with Gasteiger partial charge in [0.2, 0.25) is 0 Å². The molecule has 0 bridgehead atoms. The maximum atomic E-state index is 12.5. The van der Waals surface area contributed by atoms with Crippen LogP contribution in [0, 0.1) is 13.8 Å². The average Bonchev–Trinajstić information content (AvgIpc) is 3.38. The third-order valence-electron chi connectivity index (χ3n) is 4.55. The molecule has 2 aromatic carbocycles. The van der Waals surface area contributed by atoms with Crippen molar-refractivity contribution in [3.63, 3.8) is 0 Å². The second-order valence-corrected chi connectivity index (χ2v) is 8.54. The summed E-state index contributed by atoms with van der Waals surface area (Å²) in [5.74, 6) is -0.210. The summed E-state index contributed by atoms with van der Waals surface area (Å²) in [7, 11) is 0. The summed E-state index contributed by atoms with van der Waals surface area (Å²) in [4.78, 5) is 22.4. The van der Waals surface area contributed by atoms with E-state index in [0.29, 0.717) is 5.69 Å². The third-order valence-corrected chi connectivity index (χ3v) is 6.58. The van der Waals surface area contributed by atoms with Gasteiger partial charge in [-0.25, -0.2) is 9.97 Å². The fraction of sp³-hybridized carbons (Fsp3) is 0.0952. The molecule has 0 saturated carbocycles. The molecule has 5 nitrogen and oxygen atoms in total. The van der Waals surface area contributed by atoms with Gasteiger partial charge in [0, 0.05) is 28.5 Å². The van der Waals surface area contributed by atoms with Crippen LogP contribution in [0.5, 0.6) is 0 Å². The summed E-state index contributed by atoms with van der Waals surface area (Å²) in [6.45, 7) is 4.08. The zero-order valence-corrected chi connectivity index (χ0v) is 16.9. The molecule has 3 heterocycles. The molecule has 1 N–H and O–H groups in total. The first kappa shape index (κ1) is 17.1. The molecular weight excluding hydrogens is 388 g/mol. The highest BCUT2D eigenvalue weighted by molar-refractivity contribution is 7.21. The second-order valence-electron chi connectivity index (χ2n) is 6.68. The van der Waals surface area contributed by atoms with Crippen molar-refractivity contribution in [1.82, 2.24) is 14.4 Å². The van der Waals surface area contributed by atoms with Crippen LogP contribution in [0.2, 0.25) is 0 Å². The van der Waals surface area contributed by atoms with E-state index in [0.717, 1.165) is 32.4 Å². The normalized spacial score (nSPS) is 11.4. The van der Waals surface area contributed by atoms with Crippen LogP contribution in [0.15, 0.2) is 54.0 Å². The van der Waals surface area contributed by atoms with Crippen LogP contribution >= 0.6 is 22.7 Å². The number of thiazole rings is 2. The van der Waals surface area contributed by atoms with Crippen molar-refractivity contribution in [3.8, 4) is 10.6 Å². The zero-order valence-electron chi connectivity index (χ0n) is 15.3. The smallest absolute Gasteiger partial charge is 0.275 e. The number of nitrogens with zero attached hydrogens (tertiary/aromatic N) is 3. The van der Waals surface area contributed by atoms with Gasteiger partial charge in [-0.2, -0.15) is 0 Å². The molecule has 0 unspecified atom stereocenters. The minimum Gasteiger partial charge on any atom is -0.321 e. The number of imidazole rings is 1. The van der Waals surface area contributed by atoms with E-state index in [1.807, 2.05) is 41.0 Å². The van der Waals surface area contributed by atoms with Crippen molar-refractivity contribution in [2.45, 2.75) is 13.8 Å². The van der Waals surface area contributed by atoms with E-state index in [1.165, 1.54) is 21.6 Å². The fourth-order valence-corrected chi connectivity index (χ4v) is 4.97. The lowest BCUT2D eigenvalue weighted by molar-refractivity contribution is 0.102. The molecule has 0 spiro atoms. The van der Waals surface area contributed by atoms with E-state index in [9.17, 15) is 4.79 Å². The van der Waals surface area contributed by atoms with Gasteiger partial charge in [-0.15, -0.1) is 22.7 Å². The van der Waals surface area contributed by atoms with Crippen LogP contribution in [0.4, 0.5) is 5.69 Å². The Kier molecular flexibility index (Phi) is 3.99. The van der Waals surface area contributed by atoms with Gasteiger partial charge < -0.3 is 5.32 Å². The lowest BCUT2D eigenvalue weighted by Gasteiger charge is -2.04. The van der Waals surface area contributed by atoms with Crippen LogP contribution in [0.25, 0.3) is 25.7 Å². The molecule has 5 rings (SSSR count). The number of amides is 1. The Morgan fingerprint density at radius 1 is 1.07 bits per heavy atom. The minimum absolute atomic E-state index is 0.210. The number of carbonyl (C=O) groups excluding carboxylic acids is 1. The van der Waals surface area contributed by atoms with Crippen molar-refractivity contribution in [2.24, 2.45) is 0 Å². The highest BCUT2D eigenvalue weighted by atomic mass is 32.1. The number of aromatic nitrogens is 3. The predicted octanol–water partition coefficient (Wildman–Crippen LogP) is 5.54. The SMILES string of the molecule is Cc1ccc2nc(-c3ccc(NC(=O)c4cn5c(C)csc5n4)cc3)sc2c1. The molecule has 7 heteroatoms. The number of aryl methyl sites for hydroxylation is 2. The number of anilines is 1. The summed E-state index contributed by atoms with van der Waals surface area (Å²) in [6.07, 6.45) is 1.77. The van der Waals surface area contributed by atoms with Gasteiger partial charge in [-0.1, -0.05) is 6.07 Å². The van der Waals surface area contributed by atoms with E-state index in [-0.39, 0.29) is 5.91 Å². The Balaban J connectivity index is 1.37. The monoisotopic (exact) mass is 404 g/mol. The first-order chi connectivity index (χ1) is 13.6. The average molecular weight is 405 g/mol. The molecule has 28 heavy (non-hydrogen) atoms. The quantitative estimate of drug-likeness (QED) is 0.429. The van der Waals surface area contributed by atoms with Crippen LogP contribution in [-0.4, -0.2) is 20.3 Å². The van der Waals surface area contributed by atoms with E-state index in [2.05, 4.69) is 35.4 Å². The van der Waals surface area contributed by atoms with Gasteiger partial charge >= 0.3 is 0 Å². The lowest BCUT2D eigenvalue weighted by Crippen LogP contribution is -2.12. The summed E-state index contributed by atoms with van der Waals surface area (Å²) >= 11 is 3.20. The van der Waals surface area contributed by atoms with Gasteiger partial charge in [-0.3, -0.25) is 9.20 Å². The van der Waals surface area contributed by atoms with E-state index in [1.54, 1.807) is 17.5 Å². The molecule has 3 aromatic heterocycles. The molecule has 0 saturated heterocycles.